The van der Waals surface area contributed by atoms with Gasteiger partial charge >= 0.3 is 5.97 Å². The quantitative estimate of drug-likeness (QED) is 0.790. The molecule has 0 aliphatic carbocycles. The summed E-state index contributed by atoms with van der Waals surface area (Å²) in [5.41, 5.74) is 6.61. The second kappa shape index (κ2) is 3.96. The first-order chi connectivity index (χ1) is 7.53. The maximum Gasteiger partial charge on any atom is 0.304 e. The second-order valence-corrected chi connectivity index (χ2v) is 4.49. The van der Waals surface area contributed by atoms with Crippen LogP contribution in [0.2, 0.25) is 5.02 Å². The van der Waals surface area contributed by atoms with Crippen LogP contribution in [-0.2, 0) is 14.9 Å². The summed E-state index contributed by atoms with van der Waals surface area (Å²) in [5.74, 6) is -0.836. The molecule has 1 aliphatic rings. The normalized spacial score (nSPS) is 17.8. The SMILES string of the molecule is Nc1cc(C2(CC(=O)O)COC2)ccc1Cl. The highest BCUT2D eigenvalue weighted by Gasteiger charge is 2.42. The van der Waals surface area contributed by atoms with Gasteiger partial charge in [0, 0.05) is 0 Å². The van der Waals surface area contributed by atoms with Crippen LogP contribution in [0.25, 0.3) is 0 Å². The van der Waals surface area contributed by atoms with Gasteiger partial charge in [-0.3, -0.25) is 4.79 Å². The molecule has 0 saturated carbocycles. The number of halogens is 1. The van der Waals surface area contributed by atoms with Crippen LogP contribution in [0.3, 0.4) is 0 Å². The summed E-state index contributed by atoms with van der Waals surface area (Å²) in [7, 11) is 0. The van der Waals surface area contributed by atoms with Crippen molar-refractivity contribution >= 4 is 23.3 Å². The average molecular weight is 242 g/mol. The predicted molar refractivity (Wildman–Crippen MR) is 60.6 cm³/mol. The van der Waals surface area contributed by atoms with Crippen LogP contribution in [0, 0.1) is 0 Å². The number of aliphatic carboxylic acids is 1. The Morgan fingerprint density at radius 1 is 1.56 bits per heavy atom. The van der Waals surface area contributed by atoms with E-state index in [0.717, 1.165) is 5.56 Å². The van der Waals surface area contributed by atoms with Crippen molar-refractivity contribution in [1.82, 2.24) is 0 Å². The zero-order valence-electron chi connectivity index (χ0n) is 8.57. The number of hydrogen-bond acceptors (Lipinski definition) is 3. The van der Waals surface area contributed by atoms with Gasteiger partial charge in [0.15, 0.2) is 0 Å². The van der Waals surface area contributed by atoms with Crippen LogP contribution >= 0.6 is 11.6 Å². The van der Waals surface area contributed by atoms with E-state index in [2.05, 4.69) is 0 Å². The lowest BCUT2D eigenvalue weighted by Gasteiger charge is -2.41. The van der Waals surface area contributed by atoms with Gasteiger partial charge in [0.1, 0.15) is 0 Å². The molecule has 0 bridgehead atoms. The number of carbonyl (C=O) groups is 1. The number of ether oxygens (including phenoxy) is 1. The van der Waals surface area contributed by atoms with E-state index in [0.29, 0.717) is 23.9 Å². The summed E-state index contributed by atoms with van der Waals surface area (Å²) in [6, 6.07) is 5.23. The maximum atomic E-state index is 10.8. The van der Waals surface area contributed by atoms with Gasteiger partial charge in [-0.25, -0.2) is 0 Å². The van der Waals surface area contributed by atoms with E-state index in [1.807, 2.05) is 6.07 Å². The fourth-order valence-corrected chi connectivity index (χ4v) is 2.00. The maximum absolute atomic E-state index is 10.8. The van der Waals surface area contributed by atoms with Crippen LogP contribution in [-0.4, -0.2) is 24.3 Å². The van der Waals surface area contributed by atoms with E-state index in [1.54, 1.807) is 12.1 Å². The van der Waals surface area contributed by atoms with Crippen molar-refractivity contribution in [1.29, 1.82) is 0 Å². The Bertz CT molecular complexity index is 429. The van der Waals surface area contributed by atoms with Gasteiger partial charge in [-0.05, 0) is 17.7 Å². The van der Waals surface area contributed by atoms with Gasteiger partial charge in [0.05, 0.1) is 35.8 Å². The van der Waals surface area contributed by atoms with E-state index in [4.69, 9.17) is 27.2 Å². The minimum absolute atomic E-state index is 0.0497. The summed E-state index contributed by atoms with van der Waals surface area (Å²) in [5, 5.41) is 9.37. The minimum Gasteiger partial charge on any atom is -0.481 e. The summed E-state index contributed by atoms with van der Waals surface area (Å²) in [6.07, 6.45) is 0.0497. The Kier molecular flexibility index (Phi) is 2.78. The Hall–Kier alpha value is -1.26. The molecule has 0 unspecified atom stereocenters. The van der Waals surface area contributed by atoms with Gasteiger partial charge in [0.2, 0.25) is 0 Å². The molecular weight excluding hydrogens is 230 g/mol. The molecule has 1 fully saturated rings. The molecule has 0 aromatic heterocycles. The zero-order chi connectivity index (χ0) is 11.8. The minimum atomic E-state index is -0.836. The lowest BCUT2D eigenvalue weighted by Crippen LogP contribution is -2.48. The molecule has 16 heavy (non-hydrogen) atoms. The second-order valence-electron chi connectivity index (χ2n) is 4.08. The third-order valence-electron chi connectivity index (χ3n) is 2.85. The van der Waals surface area contributed by atoms with Gasteiger partial charge in [-0.2, -0.15) is 0 Å². The molecule has 0 spiro atoms. The lowest BCUT2D eigenvalue weighted by molar-refractivity contribution is -0.145. The van der Waals surface area contributed by atoms with Gasteiger partial charge < -0.3 is 15.6 Å². The molecule has 1 aromatic carbocycles. The molecule has 86 valence electrons. The number of rotatable bonds is 3. The van der Waals surface area contributed by atoms with Gasteiger partial charge in [0.25, 0.3) is 0 Å². The summed E-state index contributed by atoms with van der Waals surface area (Å²) >= 11 is 5.83. The highest BCUT2D eigenvalue weighted by Crippen LogP contribution is 2.37. The molecule has 5 heteroatoms. The van der Waals surface area contributed by atoms with Crippen LogP contribution < -0.4 is 5.73 Å². The lowest BCUT2D eigenvalue weighted by atomic mass is 9.76. The zero-order valence-corrected chi connectivity index (χ0v) is 9.33. The predicted octanol–water partition coefficient (Wildman–Crippen LogP) is 1.66. The van der Waals surface area contributed by atoms with Crippen molar-refractivity contribution < 1.29 is 14.6 Å². The Labute approximate surface area is 98.0 Å². The van der Waals surface area contributed by atoms with Crippen molar-refractivity contribution in [3.8, 4) is 0 Å². The third kappa shape index (κ3) is 1.86. The first kappa shape index (κ1) is 11.2. The van der Waals surface area contributed by atoms with Crippen molar-refractivity contribution in [2.75, 3.05) is 18.9 Å². The molecular formula is C11H12ClNO3. The summed E-state index contributed by atoms with van der Waals surface area (Å²) in [6.45, 7) is 0.834. The van der Waals surface area contributed by atoms with Crippen molar-refractivity contribution in [2.24, 2.45) is 0 Å². The third-order valence-corrected chi connectivity index (χ3v) is 3.20. The Morgan fingerprint density at radius 3 is 2.69 bits per heavy atom. The number of anilines is 1. The number of nitrogen functional groups attached to an aromatic ring is 1. The molecule has 1 aliphatic heterocycles. The standard InChI is InChI=1S/C11H12ClNO3/c12-8-2-1-7(3-9(8)13)11(4-10(14)15)5-16-6-11/h1-3H,4-6,13H2,(H,14,15). The monoisotopic (exact) mass is 241 g/mol. The van der Waals surface area contributed by atoms with Crippen molar-refractivity contribution in [3.63, 3.8) is 0 Å². The topological polar surface area (TPSA) is 72.6 Å². The highest BCUT2D eigenvalue weighted by atomic mass is 35.5. The van der Waals surface area contributed by atoms with Crippen molar-refractivity contribution in [3.05, 3.63) is 28.8 Å². The molecule has 0 atom stereocenters. The smallest absolute Gasteiger partial charge is 0.304 e. The first-order valence-corrected chi connectivity index (χ1v) is 5.26. The molecule has 3 N–H and O–H groups in total. The number of carboxylic acid groups (broad SMARTS) is 1. The highest BCUT2D eigenvalue weighted by molar-refractivity contribution is 6.33. The van der Waals surface area contributed by atoms with Crippen LogP contribution in [0.4, 0.5) is 5.69 Å². The molecule has 1 saturated heterocycles. The van der Waals surface area contributed by atoms with E-state index in [9.17, 15) is 4.79 Å². The van der Waals surface area contributed by atoms with E-state index in [-0.39, 0.29) is 6.42 Å². The fourth-order valence-electron chi connectivity index (χ4n) is 1.88. The number of hydrogen-bond donors (Lipinski definition) is 2. The van der Waals surface area contributed by atoms with E-state index in [1.165, 1.54) is 0 Å². The van der Waals surface area contributed by atoms with Gasteiger partial charge in [-0.15, -0.1) is 0 Å². The Balaban J connectivity index is 2.33. The van der Waals surface area contributed by atoms with Crippen molar-refractivity contribution in [2.45, 2.75) is 11.8 Å². The van der Waals surface area contributed by atoms with E-state index >= 15 is 0 Å². The molecule has 0 radical (unpaired) electrons. The molecule has 4 nitrogen and oxygen atoms in total. The molecule has 1 aromatic rings. The van der Waals surface area contributed by atoms with Crippen LogP contribution in [0.15, 0.2) is 18.2 Å². The number of nitrogens with two attached hydrogens (primary N) is 1. The summed E-state index contributed by atoms with van der Waals surface area (Å²) in [4.78, 5) is 10.8. The van der Waals surface area contributed by atoms with E-state index < -0.39 is 11.4 Å². The fraction of sp³-hybridized carbons (Fsp3) is 0.364. The molecule has 1 heterocycles. The summed E-state index contributed by atoms with van der Waals surface area (Å²) < 4.78 is 5.13. The average Bonchev–Trinajstić information content (AvgIpc) is 2.16. The largest absolute Gasteiger partial charge is 0.481 e. The first-order valence-electron chi connectivity index (χ1n) is 4.88. The number of carboxylic acids is 1. The van der Waals surface area contributed by atoms with Crippen LogP contribution in [0.1, 0.15) is 12.0 Å². The molecule has 0 amide bonds. The van der Waals surface area contributed by atoms with Crippen LogP contribution in [0.5, 0.6) is 0 Å². The number of benzene rings is 1. The Morgan fingerprint density at radius 2 is 2.25 bits per heavy atom. The molecule has 2 rings (SSSR count). The van der Waals surface area contributed by atoms with Gasteiger partial charge in [-0.1, -0.05) is 17.7 Å².